The average molecular weight is 330 g/mol. The molecule has 2 fully saturated rings. The second-order valence-electron chi connectivity index (χ2n) is 5.68. The highest BCUT2D eigenvalue weighted by atomic mass is 32.1. The van der Waals surface area contributed by atoms with Crippen molar-refractivity contribution in [3.05, 3.63) is 41.9 Å². The highest BCUT2D eigenvalue weighted by Crippen LogP contribution is 2.25. The highest BCUT2D eigenvalue weighted by molar-refractivity contribution is 7.80. The fraction of sp³-hybridized carbons (Fsp3) is 0.353. The van der Waals surface area contributed by atoms with Gasteiger partial charge in [0.15, 0.2) is 5.11 Å². The third-order valence-electron chi connectivity index (χ3n) is 4.14. The number of allylic oxidation sites excluding steroid dienone is 2. The summed E-state index contributed by atoms with van der Waals surface area (Å²) in [5, 5.41) is 2.84. The molecule has 0 spiro atoms. The van der Waals surface area contributed by atoms with Crippen LogP contribution >= 0.6 is 12.2 Å². The van der Waals surface area contributed by atoms with Gasteiger partial charge < -0.3 is 4.42 Å². The predicted octanol–water partition coefficient (Wildman–Crippen LogP) is 2.80. The third-order valence-corrected chi connectivity index (χ3v) is 4.44. The number of carbonyl (C=O) groups is 2. The van der Waals surface area contributed by atoms with Crippen LogP contribution in [0.3, 0.4) is 0 Å². The third kappa shape index (κ3) is 3.42. The summed E-state index contributed by atoms with van der Waals surface area (Å²) in [5.41, 5.74) is 0.104. The van der Waals surface area contributed by atoms with Crippen molar-refractivity contribution in [3.8, 4) is 0 Å². The van der Waals surface area contributed by atoms with Crippen LogP contribution in [0.25, 0.3) is 6.08 Å². The summed E-state index contributed by atoms with van der Waals surface area (Å²) in [4.78, 5) is 26.3. The molecule has 1 aromatic rings. The summed E-state index contributed by atoms with van der Waals surface area (Å²) in [6, 6.07) is 3.65. The van der Waals surface area contributed by atoms with Gasteiger partial charge in [-0.2, -0.15) is 0 Å². The van der Waals surface area contributed by atoms with Crippen LogP contribution in [0, 0.1) is 0 Å². The Morgan fingerprint density at radius 3 is 2.74 bits per heavy atom. The predicted molar refractivity (Wildman–Crippen MR) is 90.3 cm³/mol. The summed E-state index contributed by atoms with van der Waals surface area (Å²) in [5.74, 6) is -0.101. The van der Waals surface area contributed by atoms with Crippen molar-refractivity contribution in [1.29, 1.82) is 0 Å². The lowest BCUT2D eigenvalue weighted by Gasteiger charge is -2.37. The summed E-state index contributed by atoms with van der Waals surface area (Å²) in [6.45, 7) is 0. The van der Waals surface area contributed by atoms with Gasteiger partial charge in [-0.15, -0.1) is 0 Å². The molecule has 1 saturated carbocycles. The lowest BCUT2D eigenvalue weighted by Crippen LogP contribution is -2.57. The van der Waals surface area contributed by atoms with E-state index in [2.05, 4.69) is 5.32 Å². The molecule has 0 aromatic carbocycles. The molecule has 1 saturated heterocycles. The van der Waals surface area contributed by atoms with Crippen LogP contribution in [0.5, 0.6) is 0 Å². The molecule has 5 nitrogen and oxygen atoms in total. The van der Waals surface area contributed by atoms with E-state index in [9.17, 15) is 9.59 Å². The molecule has 1 aliphatic heterocycles. The Balaban J connectivity index is 1.80. The van der Waals surface area contributed by atoms with Gasteiger partial charge in [-0.1, -0.05) is 25.3 Å². The molecule has 1 aromatic heterocycles. The summed E-state index contributed by atoms with van der Waals surface area (Å²) >= 11 is 5.21. The van der Waals surface area contributed by atoms with Crippen LogP contribution in [0.15, 0.2) is 40.5 Å². The topological polar surface area (TPSA) is 62.6 Å². The molecule has 1 N–H and O–H groups in total. The number of hydrogen-bond donors (Lipinski definition) is 1. The van der Waals surface area contributed by atoms with Crippen LogP contribution in [-0.4, -0.2) is 27.9 Å². The van der Waals surface area contributed by atoms with Crippen LogP contribution < -0.4 is 5.32 Å². The maximum absolute atomic E-state index is 12.7. The number of amides is 2. The first-order chi connectivity index (χ1) is 11.2. The van der Waals surface area contributed by atoms with E-state index >= 15 is 0 Å². The molecule has 6 heteroatoms. The Kier molecular flexibility index (Phi) is 4.71. The molecular formula is C17H18N2O3S. The SMILES string of the molecule is O=C1NC(=S)N(C2CCCCC2)C(=O)/C1=C\C=C/c1ccco1. The van der Waals surface area contributed by atoms with Gasteiger partial charge in [0.2, 0.25) is 0 Å². The molecule has 0 radical (unpaired) electrons. The van der Waals surface area contributed by atoms with E-state index < -0.39 is 5.91 Å². The van der Waals surface area contributed by atoms with E-state index in [1.807, 2.05) is 0 Å². The van der Waals surface area contributed by atoms with Crippen LogP contribution in [-0.2, 0) is 9.59 Å². The van der Waals surface area contributed by atoms with Crippen LogP contribution in [0.4, 0.5) is 0 Å². The van der Waals surface area contributed by atoms with Gasteiger partial charge in [-0.05, 0) is 49.3 Å². The van der Waals surface area contributed by atoms with Crippen molar-refractivity contribution in [3.63, 3.8) is 0 Å². The van der Waals surface area contributed by atoms with Crippen molar-refractivity contribution in [1.82, 2.24) is 10.2 Å². The zero-order valence-electron chi connectivity index (χ0n) is 12.7. The van der Waals surface area contributed by atoms with Crippen LogP contribution in [0.1, 0.15) is 37.9 Å². The Morgan fingerprint density at radius 2 is 2.04 bits per heavy atom. The average Bonchev–Trinajstić information content (AvgIpc) is 3.04. The van der Waals surface area contributed by atoms with Crippen LogP contribution in [0.2, 0.25) is 0 Å². The molecule has 2 amide bonds. The van der Waals surface area contributed by atoms with Crippen molar-refractivity contribution in [2.45, 2.75) is 38.1 Å². The Morgan fingerprint density at radius 1 is 1.26 bits per heavy atom. The van der Waals surface area contributed by atoms with E-state index in [1.54, 1.807) is 35.4 Å². The molecule has 0 bridgehead atoms. The fourth-order valence-corrected chi connectivity index (χ4v) is 3.31. The molecule has 1 aliphatic carbocycles. The second kappa shape index (κ2) is 6.91. The largest absolute Gasteiger partial charge is 0.465 e. The molecule has 2 heterocycles. The Bertz CT molecular complexity index is 670. The van der Waals surface area contributed by atoms with E-state index in [0.717, 1.165) is 25.7 Å². The number of thiocarbonyl (C=S) groups is 1. The maximum atomic E-state index is 12.7. The van der Waals surface area contributed by atoms with Gasteiger partial charge in [-0.25, -0.2) is 0 Å². The Hall–Kier alpha value is -2.21. The van der Waals surface area contributed by atoms with E-state index in [1.165, 1.54) is 12.5 Å². The quantitative estimate of drug-likeness (QED) is 0.526. The fourth-order valence-electron chi connectivity index (χ4n) is 2.99. The molecule has 2 aliphatic rings. The standard InChI is InChI=1S/C17H18N2O3S/c20-15-14(10-4-8-13-9-5-11-22-13)16(21)19(17(23)18-15)12-6-2-1-3-7-12/h4-5,8-12H,1-3,6-7H2,(H,18,20,23)/b8-4-,14-10-. The molecule has 3 rings (SSSR count). The van der Waals surface area contributed by atoms with Crippen molar-refractivity contribution < 1.29 is 14.0 Å². The normalized spacial score (nSPS) is 22.2. The number of nitrogens with zero attached hydrogens (tertiary/aromatic N) is 1. The zero-order chi connectivity index (χ0) is 16.2. The molecule has 23 heavy (non-hydrogen) atoms. The minimum Gasteiger partial charge on any atom is -0.465 e. The molecule has 120 valence electrons. The number of carbonyl (C=O) groups excluding carboxylic acids is 2. The van der Waals surface area contributed by atoms with Gasteiger partial charge in [0.05, 0.1) is 6.26 Å². The second-order valence-corrected chi connectivity index (χ2v) is 6.07. The van der Waals surface area contributed by atoms with Gasteiger partial charge in [-0.3, -0.25) is 19.8 Å². The molecule has 0 atom stereocenters. The van der Waals surface area contributed by atoms with Gasteiger partial charge >= 0.3 is 0 Å². The summed E-state index contributed by atoms with van der Waals surface area (Å²) < 4.78 is 5.18. The Labute approximate surface area is 140 Å². The van der Waals surface area contributed by atoms with Gasteiger partial charge in [0, 0.05) is 6.04 Å². The van der Waals surface area contributed by atoms with Gasteiger partial charge in [0.1, 0.15) is 11.3 Å². The van der Waals surface area contributed by atoms with Crippen molar-refractivity contribution in [2.24, 2.45) is 0 Å². The van der Waals surface area contributed by atoms with E-state index in [-0.39, 0.29) is 22.6 Å². The minimum absolute atomic E-state index is 0.0850. The maximum Gasteiger partial charge on any atom is 0.265 e. The van der Waals surface area contributed by atoms with Crippen molar-refractivity contribution >= 4 is 35.2 Å². The van der Waals surface area contributed by atoms with E-state index in [0.29, 0.717) is 5.76 Å². The summed E-state index contributed by atoms with van der Waals surface area (Å²) in [7, 11) is 0. The number of rotatable bonds is 3. The minimum atomic E-state index is -0.448. The molecule has 0 unspecified atom stereocenters. The number of nitrogens with one attached hydrogen (secondary N) is 1. The lowest BCUT2D eigenvalue weighted by atomic mass is 9.93. The number of hydrogen-bond acceptors (Lipinski definition) is 4. The monoisotopic (exact) mass is 330 g/mol. The lowest BCUT2D eigenvalue weighted by molar-refractivity contribution is -0.130. The first kappa shape index (κ1) is 15.7. The zero-order valence-corrected chi connectivity index (χ0v) is 13.5. The smallest absolute Gasteiger partial charge is 0.265 e. The highest BCUT2D eigenvalue weighted by Gasteiger charge is 2.37. The first-order valence-corrected chi connectivity index (χ1v) is 8.18. The van der Waals surface area contributed by atoms with Crippen molar-refractivity contribution in [2.75, 3.05) is 0 Å². The van der Waals surface area contributed by atoms with Gasteiger partial charge in [0.25, 0.3) is 11.8 Å². The summed E-state index contributed by atoms with van der Waals surface area (Å²) in [6.07, 6.45) is 11.6. The number of furan rings is 1. The molecular weight excluding hydrogens is 312 g/mol. The first-order valence-electron chi connectivity index (χ1n) is 7.77. The van der Waals surface area contributed by atoms with E-state index in [4.69, 9.17) is 16.6 Å².